The van der Waals surface area contributed by atoms with Gasteiger partial charge in [0.05, 0.1) is 38.5 Å². The molecular weight excluding hydrogens is 316 g/mol. The van der Waals surface area contributed by atoms with E-state index in [-0.39, 0.29) is 6.10 Å². The number of aromatic amines is 2. The highest BCUT2D eigenvalue weighted by Gasteiger charge is 2.23. The average molecular weight is 342 g/mol. The molecule has 132 valence electrons. The first-order chi connectivity index (χ1) is 12.0. The number of ether oxygens (including phenoxy) is 1. The molecule has 1 unspecified atom stereocenters. The van der Waals surface area contributed by atoms with Gasteiger partial charge in [0.15, 0.2) is 6.10 Å². The number of aromatic nitrogens is 4. The summed E-state index contributed by atoms with van der Waals surface area (Å²) in [7, 11) is 4.02. The fourth-order valence-corrected chi connectivity index (χ4v) is 2.92. The van der Waals surface area contributed by atoms with Crippen LogP contribution in [0.15, 0.2) is 43.0 Å². The molecule has 1 aromatic carbocycles. The van der Waals surface area contributed by atoms with Crippen LogP contribution in [0.4, 0.5) is 11.4 Å². The molecule has 0 spiro atoms. The van der Waals surface area contributed by atoms with Crippen molar-refractivity contribution in [3.8, 4) is 0 Å². The molecule has 3 aromatic rings. The van der Waals surface area contributed by atoms with Crippen molar-refractivity contribution >= 4 is 11.4 Å². The smallest absolute Gasteiger partial charge is 0.283 e. The number of nitrogens with zero attached hydrogens (tertiary/aromatic N) is 2. The maximum absolute atomic E-state index is 6.21. The molecule has 7 heteroatoms. The van der Waals surface area contributed by atoms with E-state index in [1.807, 2.05) is 61.6 Å². The van der Waals surface area contributed by atoms with E-state index in [4.69, 9.17) is 16.2 Å². The van der Waals surface area contributed by atoms with Gasteiger partial charge < -0.3 is 16.2 Å². The standard InChI is InChI=1S/C18H24N6O/c1-23-8-6-21-17(23)5-10-25-16(18-22-7-9-24(18)2)12-13-3-4-14(19)15(20)11-13/h3-4,6-9,11,16H,5,10,12,19-20H2,1-2H3/p+2. The Balaban J connectivity index is 1.72. The Hall–Kier alpha value is -2.80. The van der Waals surface area contributed by atoms with Crippen LogP contribution in [0.2, 0.25) is 0 Å². The van der Waals surface area contributed by atoms with Crippen molar-refractivity contribution in [3.05, 3.63) is 60.2 Å². The average Bonchev–Trinajstić information content (AvgIpc) is 3.18. The number of rotatable bonds is 7. The Labute approximate surface area is 147 Å². The third-order valence-electron chi connectivity index (χ3n) is 4.42. The molecule has 25 heavy (non-hydrogen) atoms. The summed E-state index contributed by atoms with van der Waals surface area (Å²) in [6.45, 7) is 0.614. The molecule has 0 aliphatic rings. The second-order valence-electron chi connectivity index (χ2n) is 6.25. The molecule has 0 aliphatic heterocycles. The third-order valence-corrected chi connectivity index (χ3v) is 4.42. The molecule has 2 heterocycles. The van der Waals surface area contributed by atoms with E-state index in [2.05, 4.69) is 14.5 Å². The van der Waals surface area contributed by atoms with Gasteiger partial charge in [0, 0.05) is 6.42 Å². The van der Waals surface area contributed by atoms with E-state index in [0.29, 0.717) is 18.0 Å². The lowest BCUT2D eigenvalue weighted by atomic mass is 10.1. The molecule has 6 N–H and O–H groups in total. The third kappa shape index (κ3) is 4.00. The van der Waals surface area contributed by atoms with Gasteiger partial charge in [-0.15, -0.1) is 0 Å². The number of nitrogens with two attached hydrogens (primary N) is 2. The summed E-state index contributed by atoms with van der Waals surface area (Å²) in [5.74, 6) is 2.15. The van der Waals surface area contributed by atoms with E-state index < -0.39 is 0 Å². The normalized spacial score (nSPS) is 12.4. The first kappa shape index (κ1) is 17.0. The lowest BCUT2D eigenvalue weighted by Crippen LogP contribution is -2.34. The van der Waals surface area contributed by atoms with Crippen molar-refractivity contribution < 1.29 is 13.9 Å². The summed E-state index contributed by atoms with van der Waals surface area (Å²) in [6, 6.07) is 5.75. The van der Waals surface area contributed by atoms with Crippen LogP contribution in [0.5, 0.6) is 0 Å². The van der Waals surface area contributed by atoms with Crippen molar-refractivity contribution in [2.45, 2.75) is 18.9 Å². The molecule has 0 saturated heterocycles. The molecule has 0 bridgehead atoms. The van der Waals surface area contributed by atoms with E-state index in [1.165, 1.54) is 0 Å². The van der Waals surface area contributed by atoms with Gasteiger partial charge in [-0.1, -0.05) is 6.07 Å². The van der Waals surface area contributed by atoms with Crippen molar-refractivity contribution in [3.63, 3.8) is 0 Å². The molecule has 0 aliphatic carbocycles. The molecule has 7 nitrogen and oxygen atoms in total. The molecule has 3 rings (SSSR count). The SMILES string of the molecule is C[n+]1cc[nH]c1CCOC(Cc1ccc(N)c(N)c1)c1[nH]cc[n+]1C. The zero-order chi connectivity index (χ0) is 17.8. The van der Waals surface area contributed by atoms with Crippen LogP contribution in [0.25, 0.3) is 0 Å². The summed E-state index contributed by atoms with van der Waals surface area (Å²) < 4.78 is 10.3. The van der Waals surface area contributed by atoms with Crippen LogP contribution in [0.3, 0.4) is 0 Å². The highest BCUT2D eigenvalue weighted by atomic mass is 16.5. The summed E-state index contributed by atoms with van der Waals surface area (Å²) in [5.41, 5.74) is 14.1. The van der Waals surface area contributed by atoms with Gasteiger partial charge >= 0.3 is 0 Å². The number of imidazole rings is 2. The van der Waals surface area contributed by atoms with E-state index in [0.717, 1.165) is 30.1 Å². The Morgan fingerprint density at radius 3 is 2.44 bits per heavy atom. The molecular formula is C18H26N6O+2. The Kier molecular flexibility index (Phi) is 5.04. The number of benzene rings is 1. The quantitative estimate of drug-likeness (QED) is 0.375. The maximum atomic E-state index is 6.21. The molecule has 1 atom stereocenters. The van der Waals surface area contributed by atoms with E-state index in [1.54, 1.807) is 0 Å². The molecule has 0 amide bonds. The fraction of sp³-hybridized carbons (Fsp3) is 0.333. The van der Waals surface area contributed by atoms with Crippen molar-refractivity contribution in [2.24, 2.45) is 14.1 Å². The first-order valence-corrected chi connectivity index (χ1v) is 8.35. The first-order valence-electron chi connectivity index (χ1n) is 8.35. The van der Waals surface area contributed by atoms with Gasteiger partial charge in [-0.2, -0.15) is 0 Å². The zero-order valence-corrected chi connectivity index (χ0v) is 14.7. The molecule has 2 aromatic heterocycles. The number of nitrogen functional groups attached to an aromatic ring is 2. The zero-order valence-electron chi connectivity index (χ0n) is 14.7. The lowest BCUT2D eigenvalue weighted by Gasteiger charge is -2.15. The van der Waals surface area contributed by atoms with Gasteiger partial charge in [0.2, 0.25) is 0 Å². The van der Waals surface area contributed by atoms with Crippen molar-refractivity contribution in [1.82, 2.24) is 9.97 Å². The van der Waals surface area contributed by atoms with Gasteiger partial charge in [-0.25, -0.2) is 19.1 Å². The molecule has 0 radical (unpaired) electrons. The van der Waals surface area contributed by atoms with Gasteiger partial charge in [0.1, 0.15) is 24.8 Å². The molecule has 0 saturated carbocycles. The maximum Gasteiger partial charge on any atom is 0.283 e. The van der Waals surface area contributed by atoms with Crippen LogP contribution in [0.1, 0.15) is 23.3 Å². The second-order valence-corrected chi connectivity index (χ2v) is 6.25. The van der Waals surface area contributed by atoms with Crippen LogP contribution < -0.4 is 20.6 Å². The van der Waals surface area contributed by atoms with Crippen LogP contribution in [-0.4, -0.2) is 16.6 Å². The largest absolute Gasteiger partial charge is 0.397 e. The minimum Gasteiger partial charge on any atom is -0.397 e. The highest BCUT2D eigenvalue weighted by Crippen LogP contribution is 2.23. The summed E-state index contributed by atoms with van der Waals surface area (Å²) in [5, 5.41) is 0. The summed E-state index contributed by atoms with van der Waals surface area (Å²) in [4.78, 5) is 6.50. The summed E-state index contributed by atoms with van der Waals surface area (Å²) in [6.07, 6.45) is 9.25. The Morgan fingerprint density at radius 2 is 1.80 bits per heavy atom. The number of hydrogen-bond donors (Lipinski definition) is 4. The summed E-state index contributed by atoms with van der Waals surface area (Å²) >= 11 is 0. The lowest BCUT2D eigenvalue weighted by molar-refractivity contribution is -0.682. The predicted molar refractivity (Wildman–Crippen MR) is 95.3 cm³/mol. The van der Waals surface area contributed by atoms with Gasteiger partial charge in [-0.05, 0) is 17.7 Å². The number of anilines is 2. The van der Waals surface area contributed by atoms with E-state index in [9.17, 15) is 0 Å². The minimum atomic E-state index is -0.0942. The number of nitrogens with one attached hydrogen (secondary N) is 2. The Morgan fingerprint density at radius 1 is 1.04 bits per heavy atom. The van der Waals surface area contributed by atoms with Crippen molar-refractivity contribution in [1.29, 1.82) is 0 Å². The molecule has 0 fully saturated rings. The number of H-pyrrole nitrogens is 2. The topological polar surface area (TPSA) is 101 Å². The van der Waals surface area contributed by atoms with Gasteiger partial charge in [0.25, 0.3) is 11.6 Å². The minimum absolute atomic E-state index is 0.0942. The highest BCUT2D eigenvalue weighted by molar-refractivity contribution is 5.63. The van der Waals surface area contributed by atoms with Crippen LogP contribution in [-0.2, 0) is 31.7 Å². The van der Waals surface area contributed by atoms with Crippen molar-refractivity contribution in [2.75, 3.05) is 18.1 Å². The Bertz CT molecular complexity index is 838. The van der Waals surface area contributed by atoms with Crippen LogP contribution in [0, 0.1) is 0 Å². The monoisotopic (exact) mass is 342 g/mol. The van der Waals surface area contributed by atoms with Gasteiger partial charge in [-0.3, -0.25) is 0 Å². The van der Waals surface area contributed by atoms with E-state index >= 15 is 0 Å². The number of aryl methyl sites for hydroxylation is 2. The second kappa shape index (κ2) is 7.40. The predicted octanol–water partition coefficient (Wildman–Crippen LogP) is 0.699. The van der Waals surface area contributed by atoms with Crippen LogP contribution >= 0.6 is 0 Å². The number of hydrogen-bond acceptors (Lipinski definition) is 3. The fourth-order valence-electron chi connectivity index (χ4n) is 2.92.